The van der Waals surface area contributed by atoms with Gasteiger partial charge in [-0.05, 0) is 29.7 Å². The molecule has 0 spiro atoms. The van der Waals surface area contributed by atoms with Crippen molar-refractivity contribution in [1.82, 2.24) is 9.59 Å². The number of aromatic nitrogens is 2. The Morgan fingerprint density at radius 2 is 2.00 bits per heavy atom. The fourth-order valence-corrected chi connectivity index (χ4v) is 2.59. The molecule has 1 aromatic heterocycles. The Morgan fingerprint density at radius 1 is 1.32 bits per heavy atom. The van der Waals surface area contributed by atoms with Crippen LogP contribution in [0.5, 0.6) is 0 Å². The van der Waals surface area contributed by atoms with Gasteiger partial charge in [0.05, 0.1) is 16.3 Å². The van der Waals surface area contributed by atoms with Crippen LogP contribution in [0.25, 0.3) is 0 Å². The van der Waals surface area contributed by atoms with Gasteiger partial charge in [0.1, 0.15) is 9.87 Å². The van der Waals surface area contributed by atoms with Crippen molar-refractivity contribution in [3.05, 3.63) is 39.4 Å². The number of hydrogen-bond acceptors (Lipinski definition) is 4. The molecule has 0 atom stereocenters. The number of benzene rings is 1. The minimum atomic E-state index is -4.53. The van der Waals surface area contributed by atoms with E-state index in [0.29, 0.717) is 17.6 Å². The Bertz CT molecular complexity index is 701. The second kappa shape index (κ2) is 6.39. The van der Waals surface area contributed by atoms with E-state index in [0.717, 1.165) is 12.1 Å². The normalized spacial score (nSPS) is 11.8. The monoisotopic (exact) mass is 373 g/mol. The van der Waals surface area contributed by atoms with E-state index in [1.54, 1.807) is 0 Å². The number of rotatable bonds is 3. The van der Waals surface area contributed by atoms with Gasteiger partial charge in [0.2, 0.25) is 0 Å². The highest BCUT2D eigenvalue weighted by Crippen LogP contribution is 2.34. The Labute approximate surface area is 135 Å². The summed E-state index contributed by atoms with van der Waals surface area (Å²) in [6, 6.07) is 2.58. The van der Waals surface area contributed by atoms with Crippen LogP contribution in [0.2, 0.25) is 5.02 Å². The molecule has 1 N–H and O–H groups in total. The van der Waals surface area contributed by atoms with Crippen molar-refractivity contribution in [1.29, 1.82) is 0 Å². The van der Waals surface area contributed by atoms with E-state index in [1.807, 2.05) is 0 Å². The minimum Gasteiger partial charge on any atom is -0.344 e. The van der Waals surface area contributed by atoms with Crippen LogP contribution in [0.3, 0.4) is 0 Å². The van der Waals surface area contributed by atoms with Gasteiger partial charge in [-0.1, -0.05) is 28.3 Å². The van der Waals surface area contributed by atoms with Crippen LogP contribution < -0.4 is 5.32 Å². The fourth-order valence-electron chi connectivity index (χ4n) is 1.47. The molecule has 3 nitrogen and oxygen atoms in total. The summed E-state index contributed by atoms with van der Waals surface area (Å²) >= 11 is 11.3. The summed E-state index contributed by atoms with van der Waals surface area (Å²) in [6.45, 7) is 0. The van der Waals surface area contributed by atoms with E-state index in [-0.39, 0.29) is 20.6 Å². The zero-order valence-corrected chi connectivity index (χ0v) is 12.7. The molecule has 0 saturated heterocycles. The van der Waals surface area contributed by atoms with Crippen molar-refractivity contribution in [2.24, 2.45) is 0 Å². The number of halogens is 6. The highest BCUT2D eigenvalue weighted by Gasteiger charge is 2.31. The second-order valence-corrected chi connectivity index (χ2v) is 5.50. The van der Waals surface area contributed by atoms with Crippen LogP contribution in [0.1, 0.15) is 22.6 Å². The van der Waals surface area contributed by atoms with E-state index in [2.05, 4.69) is 14.9 Å². The van der Waals surface area contributed by atoms with Gasteiger partial charge in [-0.2, -0.15) is 13.2 Å². The second-order valence-electron chi connectivity index (χ2n) is 3.93. The number of anilines is 1. The first-order valence-corrected chi connectivity index (χ1v) is 7.04. The molecule has 1 heterocycles. The highest BCUT2D eigenvalue weighted by molar-refractivity contribution is 7.81. The first-order valence-electron chi connectivity index (χ1n) is 5.48. The Kier molecular flexibility index (Phi) is 4.93. The minimum absolute atomic E-state index is 0.0632. The molecule has 1 aromatic carbocycles. The fraction of sp³-hybridized carbons (Fsp3) is 0.182. The van der Waals surface area contributed by atoms with Gasteiger partial charge in [0, 0.05) is 0 Å². The van der Waals surface area contributed by atoms with Gasteiger partial charge in [-0.3, -0.25) is 0 Å². The summed E-state index contributed by atoms with van der Waals surface area (Å²) in [4.78, 5) is -0.215. The van der Waals surface area contributed by atoms with Crippen molar-refractivity contribution < 1.29 is 22.0 Å². The maximum Gasteiger partial charge on any atom is 0.416 e. The lowest BCUT2D eigenvalue weighted by Crippen LogP contribution is -2.12. The predicted molar refractivity (Wildman–Crippen MR) is 76.6 cm³/mol. The molecule has 0 unspecified atom stereocenters. The van der Waals surface area contributed by atoms with E-state index < -0.39 is 23.9 Å². The smallest absolute Gasteiger partial charge is 0.344 e. The van der Waals surface area contributed by atoms with Crippen molar-refractivity contribution in [3.63, 3.8) is 0 Å². The van der Waals surface area contributed by atoms with Gasteiger partial charge in [0.15, 0.2) is 5.69 Å². The molecule has 2 aromatic rings. The van der Waals surface area contributed by atoms with Gasteiger partial charge >= 0.3 is 6.18 Å². The molecule has 0 amide bonds. The maximum absolute atomic E-state index is 12.7. The van der Waals surface area contributed by atoms with Crippen molar-refractivity contribution in [2.75, 3.05) is 5.32 Å². The van der Waals surface area contributed by atoms with Gasteiger partial charge in [0.25, 0.3) is 6.43 Å². The molecule has 0 aliphatic carbocycles. The third-order valence-corrected chi connectivity index (χ3v) is 3.98. The first kappa shape index (κ1) is 17.0. The molecule has 0 saturated carbocycles. The maximum atomic E-state index is 12.7. The molecular weight excluding hydrogens is 369 g/mol. The average molecular weight is 374 g/mol. The quantitative estimate of drug-likeness (QED) is 0.611. The molecule has 11 heteroatoms. The van der Waals surface area contributed by atoms with Crippen LogP contribution in [-0.2, 0) is 6.18 Å². The van der Waals surface area contributed by atoms with Crippen LogP contribution in [0.15, 0.2) is 18.2 Å². The predicted octanol–water partition coefficient (Wildman–Crippen LogP) is 4.94. The average Bonchev–Trinajstić information content (AvgIpc) is 2.89. The summed E-state index contributed by atoms with van der Waals surface area (Å²) in [5.41, 5.74) is -1.46. The standard InChI is InChI=1S/C11H5ClF5N3S2/c12-5-3-4(11(15,16)17)1-2-6(5)18-10(21)8-7(9(13)14)19-20-22-8/h1-3,9H,(H,18,21). The van der Waals surface area contributed by atoms with Gasteiger partial charge in [-0.15, -0.1) is 5.10 Å². The summed E-state index contributed by atoms with van der Waals surface area (Å²) in [7, 11) is 0. The Balaban J connectivity index is 2.24. The number of nitrogens with one attached hydrogen (secondary N) is 1. The molecule has 22 heavy (non-hydrogen) atoms. The van der Waals surface area contributed by atoms with Crippen molar-refractivity contribution in [2.45, 2.75) is 12.6 Å². The van der Waals surface area contributed by atoms with Crippen LogP contribution in [0.4, 0.5) is 27.6 Å². The summed E-state index contributed by atoms with van der Waals surface area (Å²) in [5.74, 6) is 0. The van der Waals surface area contributed by atoms with Crippen LogP contribution >= 0.6 is 35.4 Å². The van der Waals surface area contributed by atoms with E-state index in [4.69, 9.17) is 23.8 Å². The van der Waals surface area contributed by atoms with E-state index >= 15 is 0 Å². The molecule has 118 valence electrons. The summed E-state index contributed by atoms with van der Waals surface area (Å²) < 4.78 is 66.3. The number of nitrogens with zero attached hydrogens (tertiary/aromatic N) is 2. The highest BCUT2D eigenvalue weighted by atomic mass is 35.5. The van der Waals surface area contributed by atoms with E-state index in [1.165, 1.54) is 0 Å². The van der Waals surface area contributed by atoms with E-state index in [9.17, 15) is 22.0 Å². The molecule has 0 radical (unpaired) electrons. The number of hydrogen-bond donors (Lipinski definition) is 1. The molecule has 0 bridgehead atoms. The van der Waals surface area contributed by atoms with Crippen LogP contribution in [0, 0.1) is 0 Å². The molecule has 0 aliphatic heterocycles. The zero-order valence-electron chi connectivity index (χ0n) is 10.3. The molecule has 0 fully saturated rings. The lowest BCUT2D eigenvalue weighted by atomic mass is 10.2. The topological polar surface area (TPSA) is 37.8 Å². The zero-order chi connectivity index (χ0) is 16.5. The van der Waals surface area contributed by atoms with Crippen molar-refractivity contribution in [3.8, 4) is 0 Å². The number of thiocarbonyl (C=S) groups is 1. The summed E-state index contributed by atoms with van der Waals surface area (Å²) in [6.07, 6.45) is -7.40. The molecule has 2 rings (SSSR count). The summed E-state index contributed by atoms with van der Waals surface area (Å²) in [5, 5.41) is 5.53. The third-order valence-electron chi connectivity index (χ3n) is 2.47. The van der Waals surface area contributed by atoms with Crippen LogP contribution in [-0.4, -0.2) is 14.6 Å². The lowest BCUT2D eigenvalue weighted by molar-refractivity contribution is -0.137. The van der Waals surface area contributed by atoms with Gasteiger partial charge < -0.3 is 5.32 Å². The Hall–Kier alpha value is -1.39. The largest absolute Gasteiger partial charge is 0.416 e. The third kappa shape index (κ3) is 3.68. The Morgan fingerprint density at radius 3 is 2.55 bits per heavy atom. The molecular formula is C11H5ClF5N3S2. The van der Waals surface area contributed by atoms with Gasteiger partial charge in [-0.25, -0.2) is 8.78 Å². The van der Waals surface area contributed by atoms with Crippen molar-refractivity contribution >= 4 is 46.0 Å². The lowest BCUT2D eigenvalue weighted by Gasteiger charge is -2.12. The first-order chi connectivity index (χ1) is 10.2. The SMILES string of the molecule is FC(F)c1nnsc1C(=S)Nc1ccc(C(F)(F)F)cc1Cl. The molecule has 0 aliphatic rings. The number of alkyl halides is 5.